The number of rotatable bonds is 6. The molecule has 0 saturated carbocycles. The summed E-state index contributed by atoms with van der Waals surface area (Å²) in [6.07, 6.45) is 2.55. The first-order valence-electron chi connectivity index (χ1n) is 5.43. The van der Waals surface area contributed by atoms with Gasteiger partial charge in [0.1, 0.15) is 0 Å². The lowest BCUT2D eigenvalue weighted by molar-refractivity contribution is -0.141. The monoisotopic (exact) mass is 256 g/mol. The molecule has 0 radical (unpaired) electrons. The fraction of sp³-hybridized carbons (Fsp3) is 0.500. The Kier molecular flexibility index (Phi) is 5.12. The van der Waals surface area contributed by atoms with Gasteiger partial charge in [-0.2, -0.15) is 0 Å². The summed E-state index contributed by atoms with van der Waals surface area (Å²) in [6.45, 7) is 1.63. The van der Waals surface area contributed by atoms with E-state index in [1.165, 1.54) is 13.3 Å². The maximum atomic E-state index is 11.4. The second-order valence-electron chi connectivity index (χ2n) is 3.78. The molecule has 1 heterocycles. The van der Waals surface area contributed by atoms with Crippen LogP contribution in [0.1, 0.15) is 12.6 Å². The predicted octanol–water partition coefficient (Wildman–Crippen LogP) is -0.915. The number of hydrogen-bond donors (Lipinski definition) is 5. The molecule has 1 aromatic rings. The average Bonchev–Trinajstić information content (AvgIpc) is 2.78. The molecule has 8 heteroatoms. The summed E-state index contributed by atoms with van der Waals surface area (Å²) in [7, 11) is 0. The maximum Gasteiger partial charge on any atom is 0.328 e. The van der Waals surface area contributed by atoms with E-state index in [0.29, 0.717) is 13.0 Å². The molecule has 100 valence electrons. The van der Waals surface area contributed by atoms with Crippen molar-refractivity contribution in [1.82, 2.24) is 20.6 Å². The summed E-state index contributed by atoms with van der Waals surface area (Å²) in [4.78, 5) is 28.8. The first-order chi connectivity index (χ1) is 8.50. The molecule has 2 unspecified atom stereocenters. The zero-order valence-electron chi connectivity index (χ0n) is 9.88. The van der Waals surface area contributed by atoms with Gasteiger partial charge in [-0.25, -0.2) is 14.6 Å². The predicted molar refractivity (Wildman–Crippen MR) is 61.9 cm³/mol. The lowest BCUT2D eigenvalue weighted by atomic mass is 10.2. The van der Waals surface area contributed by atoms with E-state index in [1.54, 1.807) is 6.20 Å². The molecule has 0 aliphatic carbocycles. The number of carboxylic acids is 1. The number of carboxylic acid groups (broad SMARTS) is 1. The van der Waals surface area contributed by atoms with Gasteiger partial charge in [0.25, 0.3) is 0 Å². The van der Waals surface area contributed by atoms with Crippen molar-refractivity contribution in [3.63, 3.8) is 0 Å². The highest BCUT2D eigenvalue weighted by Crippen LogP contribution is 1.93. The number of carbonyl (C=O) groups excluding carboxylic acids is 1. The van der Waals surface area contributed by atoms with Crippen LogP contribution in [-0.2, 0) is 11.2 Å². The number of imidazole rings is 1. The molecule has 0 saturated heterocycles. The van der Waals surface area contributed by atoms with Gasteiger partial charge in [-0.1, -0.05) is 0 Å². The Hall–Kier alpha value is -2.09. The van der Waals surface area contributed by atoms with Crippen molar-refractivity contribution in [2.75, 3.05) is 6.54 Å². The highest BCUT2D eigenvalue weighted by atomic mass is 16.4. The van der Waals surface area contributed by atoms with Crippen LogP contribution in [0.4, 0.5) is 4.79 Å². The zero-order chi connectivity index (χ0) is 13.5. The molecule has 0 aliphatic heterocycles. The number of carbonyl (C=O) groups is 2. The van der Waals surface area contributed by atoms with Crippen LogP contribution in [0.15, 0.2) is 12.5 Å². The van der Waals surface area contributed by atoms with E-state index in [2.05, 4.69) is 20.6 Å². The van der Waals surface area contributed by atoms with Gasteiger partial charge in [0.2, 0.25) is 0 Å². The standard InChI is InChI=1S/C10H16N4O4/c1-6(15)8(9(16)17)14-10(18)12-3-2-7-4-11-5-13-7/h4-6,8,15H,2-3H2,1H3,(H,11,13)(H,16,17)(H2,12,14,18). The van der Waals surface area contributed by atoms with Crippen LogP contribution in [0, 0.1) is 0 Å². The smallest absolute Gasteiger partial charge is 0.328 e. The fourth-order valence-electron chi connectivity index (χ4n) is 1.31. The van der Waals surface area contributed by atoms with Gasteiger partial charge in [0.15, 0.2) is 6.04 Å². The highest BCUT2D eigenvalue weighted by molar-refractivity contribution is 5.82. The molecule has 1 rings (SSSR count). The number of aromatic amines is 1. The Morgan fingerprint density at radius 2 is 2.28 bits per heavy atom. The van der Waals surface area contributed by atoms with Crippen molar-refractivity contribution in [1.29, 1.82) is 0 Å². The van der Waals surface area contributed by atoms with E-state index in [1.807, 2.05) is 0 Å². The van der Waals surface area contributed by atoms with Crippen molar-refractivity contribution >= 4 is 12.0 Å². The molecule has 0 aliphatic rings. The average molecular weight is 256 g/mol. The Balaban J connectivity index is 2.30. The topological polar surface area (TPSA) is 127 Å². The fourth-order valence-corrected chi connectivity index (χ4v) is 1.31. The third kappa shape index (κ3) is 4.42. The summed E-state index contributed by atoms with van der Waals surface area (Å²) in [5, 5.41) is 22.6. The lowest BCUT2D eigenvalue weighted by Crippen LogP contribution is -2.51. The first kappa shape index (κ1) is 14.0. The van der Waals surface area contributed by atoms with Crippen molar-refractivity contribution in [3.05, 3.63) is 18.2 Å². The van der Waals surface area contributed by atoms with Gasteiger partial charge in [-0.05, 0) is 6.92 Å². The third-order valence-corrected chi connectivity index (χ3v) is 2.27. The Labute approximate surface area is 103 Å². The molecule has 5 N–H and O–H groups in total. The maximum absolute atomic E-state index is 11.4. The highest BCUT2D eigenvalue weighted by Gasteiger charge is 2.24. The van der Waals surface area contributed by atoms with Crippen molar-refractivity contribution in [2.45, 2.75) is 25.5 Å². The number of H-pyrrole nitrogens is 1. The first-order valence-corrected chi connectivity index (χ1v) is 5.43. The number of aromatic nitrogens is 2. The van der Waals surface area contributed by atoms with E-state index < -0.39 is 24.1 Å². The molecule has 18 heavy (non-hydrogen) atoms. The van der Waals surface area contributed by atoms with Gasteiger partial charge in [-0.3, -0.25) is 0 Å². The quantitative estimate of drug-likeness (QED) is 0.450. The minimum absolute atomic E-state index is 0.334. The van der Waals surface area contributed by atoms with Crippen LogP contribution in [0.25, 0.3) is 0 Å². The van der Waals surface area contributed by atoms with Gasteiger partial charge in [0.05, 0.1) is 12.4 Å². The number of amides is 2. The summed E-state index contributed by atoms with van der Waals surface area (Å²) < 4.78 is 0. The molecular formula is C10H16N4O4. The minimum atomic E-state index is -1.32. The number of aliphatic carboxylic acids is 1. The molecular weight excluding hydrogens is 240 g/mol. The zero-order valence-corrected chi connectivity index (χ0v) is 9.88. The summed E-state index contributed by atoms with van der Waals surface area (Å²) in [5.41, 5.74) is 0.862. The van der Waals surface area contributed by atoms with Crippen LogP contribution in [-0.4, -0.2) is 50.9 Å². The number of hydrogen-bond acceptors (Lipinski definition) is 4. The van der Waals surface area contributed by atoms with E-state index >= 15 is 0 Å². The third-order valence-electron chi connectivity index (χ3n) is 2.27. The van der Waals surface area contributed by atoms with Crippen molar-refractivity contribution in [2.24, 2.45) is 0 Å². The number of aliphatic hydroxyl groups is 1. The number of aliphatic hydroxyl groups excluding tert-OH is 1. The summed E-state index contributed by atoms with van der Waals surface area (Å²) >= 11 is 0. The van der Waals surface area contributed by atoms with E-state index in [0.717, 1.165) is 5.69 Å². The number of urea groups is 1. The lowest BCUT2D eigenvalue weighted by Gasteiger charge is -2.17. The van der Waals surface area contributed by atoms with Crippen LogP contribution in [0.5, 0.6) is 0 Å². The summed E-state index contributed by atoms with van der Waals surface area (Å²) in [5.74, 6) is -1.28. The van der Waals surface area contributed by atoms with Crippen LogP contribution in [0.3, 0.4) is 0 Å². The second kappa shape index (κ2) is 6.60. The van der Waals surface area contributed by atoms with Gasteiger partial charge in [-0.15, -0.1) is 0 Å². The van der Waals surface area contributed by atoms with E-state index in [-0.39, 0.29) is 0 Å². The van der Waals surface area contributed by atoms with Crippen molar-refractivity contribution < 1.29 is 19.8 Å². The molecule has 2 amide bonds. The Morgan fingerprint density at radius 3 is 2.78 bits per heavy atom. The number of nitrogens with one attached hydrogen (secondary N) is 3. The largest absolute Gasteiger partial charge is 0.480 e. The summed E-state index contributed by atoms with van der Waals surface area (Å²) in [6, 6.07) is -1.96. The van der Waals surface area contributed by atoms with Crippen LogP contribution in [0.2, 0.25) is 0 Å². The second-order valence-corrected chi connectivity index (χ2v) is 3.78. The SMILES string of the molecule is CC(O)C(NC(=O)NCCc1cnc[nH]1)C(=O)O. The molecule has 0 spiro atoms. The van der Waals surface area contributed by atoms with Crippen LogP contribution >= 0.6 is 0 Å². The molecule has 1 aromatic heterocycles. The van der Waals surface area contributed by atoms with Gasteiger partial charge in [0, 0.05) is 24.9 Å². The Morgan fingerprint density at radius 1 is 1.56 bits per heavy atom. The van der Waals surface area contributed by atoms with E-state index in [4.69, 9.17) is 5.11 Å². The molecule has 0 aromatic carbocycles. The molecule has 2 atom stereocenters. The minimum Gasteiger partial charge on any atom is -0.480 e. The van der Waals surface area contributed by atoms with E-state index in [9.17, 15) is 14.7 Å². The van der Waals surface area contributed by atoms with Crippen molar-refractivity contribution in [3.8, 4) is 0 Å². The molecule has 0 bridgehead atoms. The van der Waals surface area contributed by atoms with Gasteiger partial charge >= 0.3 is 12.0 Å². The van der Waals surface area contributed by atoms with Crippen LogP contribution < -0.4 is 10.6 Å². The Bertz CT molecular complexity index is 391. The van der Waals surface area contributed by atoms with Gasteiger partial charge < -0.3 is 25.8 Å². The number of nitrogens with zero attached hydrogens (tertiary/aromatic N) is 1. The normalized spacial score (nSPS) is 13.7. The molecule has 0 fully saturated rings. The molecule has 8 nitrogen and oxygen atoms in total.